The second kappa shape index (κ2) is 5.10. The Morgan fingerprint density at radius 2 is 2.16 bits per heavy atom. The van der Waals surface area contributed by atoms with Gasteiger partial charge in [-0.2, -0.15) is 4.31 Å². The first-order valence-electron chi connectivity index (χ1n) is 5.62. The smallest absolute Gasteiger partial charge is 0.260 e. The molecule has 102 valence electrons. The quantitative estimate of drug-likeness (QED) is 0.928. The number of aromatic amines is 1. The van der Waals surface area contributed by atoms with E-state index in [1.807, 2.05) is 0 Å². The number of halogens is 1. The first-order chi connectivity index (χ1) is 8.89. The topological polar surface area (TPSA) is 66.1 Å². The van der Waals surface area contributed by atoms with Crippen LogP contribution in [0.3, 0.4) is 0 Å². The minimum atomic E-state index is -3.64. The molecule has 1 aromatic heterocycles. The molecule has 1 aromatic carbocycles. The van der Waals surface area contributed by atoms with Crippen LogP contribution < -0.4 is 0 Å². The standard InChI is InChI=1S/C12H14FN3O2S/c1-9-14-7-12(15-9)19(17,18)16(2)8-10-4-3-5-11(13)6-10/h3-7H,8H2,1-2H3,(H,14,15). The lowest BCUT2D eigenvalue weighted by Gasteiger charge is -2.15. The van der Waals surface area contributed by atoms with Gasteiger partial charge in [0.25, 0.3) is 10.0 Å². The molecule has 0 unspecified atom stereocenters. The van der Waals surface area contributed by atoms with Gasteiger partial charge in [-0.25, -0.2) is 17.8 Å². The second-order valence-electron chi connectivity index (χ2n) is 4.22. The van der Waals surface area contributed by atoms with Gasteiger partial charge in [0.05, 0.1) is 6.20 Å². The first-order valence-corrected chi connectivity index (χ1v) is 7.06. The lowest BCUT2D eigenvalue weighted by atomic mass is 10.2. The van der Waals surface area contributed by atoms with Gasteiger partial charge in [0, 0.05) is 13.6 Å². The summed E-state index contributed by atoms with van der Waals surface area (Å²) in [5, 5.41) is 0.0314. The lowest BCUT2D eigenvalue weighted by molar-refractivity contribution is 0.463. The predicted octanol–water partition coefficient (Wildman–Crippen LogP) is 1.68. The third-order valence-electron chi connectivity index (χ3n) is 2.66. The molecule has 0 saturated carbocycles. The molecule has 0 aliphatic rings. The molecule has 1 N–H and O–H groups in total. The van der Waals surface area contributed by atoms with Crippen LogP contribution in [0.4, 0.5) is 4.39 Å². The van der Waals surface area contributed by atoms with Crippen LogP contribution in [0, 0.1) is 12.7 Å². The highest BCUT2D eigenvalue weighted by molar-refractivity contribution is 7.89. The summed E-state index contributed by atoms with van der Waals surface area (Å²) in [6.45, 7) is 1.77. The highest BCUT2D eigenvalue weighted by Gasteiger charge is 2.22. The number of imidazole rings is 1. The summed E-state index contributed by atoms with van der Waals surface area (Å²) in [7, 11) is -2.20. The van der Waals surface area contributed by atoms with E-state index >= 15 is 0 Å². The number of nitrogens with one attached hydrogen (secondary N) is 1. The van der Waals surface area contributed by atoms with E-state index in [2.05, 4.69) is 9.97 Å². The monoisotopic (exact) mass is 283 g/mol. The number of aryl methyl sites for hydroxylation is 1. The van der Waals surface area contributed by atoms with Gasteiger partial charge >= 0.3 is 0 Å². The zero-order valence-corrected chi connectivity index (χ0v) is 11.4. The normalized spacial score (nSPS) is 12.0. The zero-order chi connectivity index (χ0) is 14.0. The van der Waals surface area contributed by atoms with Gasteiger partial charge in [-0.3, -0.25) is 0 Å². The number of hydrogen-bond donors (Lipinski definition) is 1. The third kappa shape index (κ3) is 2.99. The summed E-state index contributed by atoms with van der Waals surface area (Å²) in [4.78, 5) is 6.54. The summed E-state index contributed by atoms with van der Waals surface area (Å²) in [6, 6.07) is 5.85. The Morgan fingerprint density at radius 3 is 2.74 bits per heavy atom. The fraction of sp³-hybridized carbons (Fsp3) is 0.250. The molecule has 2 aromatic rings. The fourth-order valence-electron chi connectivity index (χ4n) is 1.67. The van der Waals surface area contributed by atoms with Gasteiger partial charge in [0.2, 0.25) is 0 Å². The van der Waals surface area contributed by atoms with Crippen molar-refractivity contribution in [2.24, 2.45) is 0 Å². The van der Waals surface area contributed by atoms with Crippen molar-refractivity contribution in [3.8, 4) is 0 Å². The van der Waals surface area contributed by atoms with Crippen LogP contribution in [0.2, 0.25) is 0 Å². The molecule has 5 nitrogen and oxygen atoms in total. The average molecular weight is 283 g/mol. The van der Waals surface area contributed by atoms with E-state index in [4.69, 9.17) is 0 Å². The Labute approximate surface area is 111 Å². The number of aromatic nitrogens is 2. The van der Waals surface area contributed by atoms with E-state index in [9.17, 15) is 12.8 Å². The molecule has 0 aliphatic carbocycles. The van der Waals surface area contributed by atoms with E-state index < -0.39 is 10.0 Å². The number of sulfonamides is 1. The minimum absolute atomic E-state index is 0.0314. The van der Waals surface area contributed by atoms with E-state index in [0.29, 0.717) is 11.4 Å². The fourth-order valence-corrected chi connectivity index (χ4v) is 2.79. The van der Waals surface area contributed by atoms with E-state index in [1.54, 1.807) is 19.1 Å². The Bertz CT molecular complexity index is 682. The molecular formula is C12H14FN3O2S. The van der Waals surface area contributed by atoms with Crippen LogP contribution >= 0.6 is 0 Å². The maximum absolute atomic E-state index is 13.1. The molecular weight excluding hydrogens is 269 g/mol. The summed E-state index contributed by atoms with van der Waals surface area (Å²) in [5.41, 5.74) is 0.585. The van der Waals surface area contributed by atoms with E-state index in [1.165, 1.54) is 25.4 Å². The minimum Gasteiger partial charge on any atom is -0.332 e. The SMILES string of the molecule is Cc1ncc(S(=O)(=O)N(C)Cc2cccc(F)c2)[nH]1. The van der Waals surface area contributed by atoms with Gasteiger partial charge in [-0.15, -0.1) is 0 Å². The molecule has 0 bridgehead atoms. The Hall–Kier alpha value is -1.73. The first kappa shape index (κ1) is 13.7. The van der Waals surface area contributed by atoms with Crippen molar-refractivity contribution >= 4 is 10.0 Å². The molecule has 0 radical (unpaired) electrons. The van der Waals surface area contributed by atoms with Gasteiger partial charge in [0.1, 0.15) is 11.6 Å². The molecule has 0 spiro atoms. The molecule has 1 heterocycles. The Kier molecular flexibility index (Phi) is 3.68. The highest BCUT2D eigenvalue weighted by atomic mass is 32.2. The van der Waals surface area contributed by atoms with Crippen LogP contribution in [-0.2, 0) is 16.6 Å². The third-order valence-corrected chi connectivity index (χ3v) is 4.38. The number of H-pyrrole nitrogens is 1. The Balaban J connectivity index is 2.22. The zero-order valence-electron chi connectivity index (χ0n) is 10.6. The number of rotatable bonds is 4. The van der Waals surface area contributed by atoms with Gasteiger partial charge < -0.3 is 4.98 Å². The van der Waals surface area contributed by atoms with Gasteiger partial charge in [-0.1, -0.05) is 12.1 Å². The summed E-state index contributed by atoms with van der Waals surface area (Å²) < 4.78 is 38.6. The lowest BCUT2D eigenvalue weighted by Crippen LogP contribution is -2.26. The van der Waals surface area contributed by atoms with Crippen molar-refractivity contribution in [2.45, 2.75) is 18.5 Å². The highest BCUT2D eigenvalue weighted by Crippen LogP contribution is 2.15. The molecule has 7 heteroatoms. The maximum Gasteiger partial charge on any atom is 0.260 e. The molecule has 2 rings (SSSR count). The second-order valence-corrected chi connectivity index (χ2v) is 6.24. The van der Waals surface area contributed by atoms with Crippen LogP contribution in [0.15, 0.2) is 35.5 Å². The van der Waals surface area contributed by atoms with Crippen LogP contribution in [0.1, 0.15) is 11.4 Å². The molecule has 0 atom stereocenters. The van der Waals surface area contributed by atoms with Gasteiger partial charge in [0.15, 0.2) is 5.03 Å². The molecule has 19 heavy (non-hydrogen) atoms. The van der Waals surface area contributed by atoms with E-state index in [-0.39, 0.29) is 17.4 Å². The van der Waals surface area contributed by atoms with Crippen molar-refractivity contribution in [1.29, 1.82) is 0 Å². The molecule has 0 amide bonds. The summed E-state index contributed by atoms with van der Waals surface area (Å²) in [6.07, 6.45) is 1.27. The van der Waals surface area contributed by atoms with Crippen molar-refractivity contribution in [3.63, 3.8) is 0 Å². The van der Waals surface area contributed by atoms with Crippen LogP contribution in [0.5, 0.6) is 0 Å². The molecule has 0 saturated heterocycles. The number of nitrogens with zero attached hydrogens (tertiary/aromatic N) is 2. The van der Waals surface area contributed by atoms with Crippen molar-refractivity contribution in [1.82, 2.24) is 14.3 Å². The van der Waals surface area contributed by atoms with Crippen molar-refractivity contribution in [3.05, 3.63) is 47.7 Å². The van der Waals surface area contributed by atoms with Crippen molar-refractivity contribution < 1.29 is 12.8 Å². The molecule has 0 fully saturated rings. The summed E-state index contributed by atoms with van der Waals surface area (Å²) >= 11 is 0. The van der Waals surface area contributed by atoms with Crippen LogP contribution in [0.25, 0.3) is 0 Å². The Morgan fingerprint density at radius 1 is 1.42 bits per heavy atom. The predicted molar refractivity (Wildman–Crippen MR) is 68.4 cm³/mol. The van der Waals surface area contributed by atoms with E-state index in [0.717, 1.165) is 4.31 Å². The van der Waals surface area contributed by atoms with Crippen LogP contribution in [-0.4, -0.2) is 29.7 Å². The summed E-state index contributed by atoms with van der Waals surface area (Å²) in [5.74, 6) is 0.137. The number of hydrogen-bond acceptors (Lipinski definition) is 3. The maximum atomic E-state index is 13.1. The van der Waals surface area contributed by atoms with Crippen molar-refractivity contribution in [2.75, 3.05) is 7.05 Å². The number of benzene rings is 1. The largest absolute Gasteiger partial charge is 0.332 e. The van der Waals surface area contributed by atoms with Gasteiger partial charge in [-0.05, 0) is 24.6 Å². The molecule has 0 aliphatic heterocycles. The average Bonchev–Trinajstić information content (AvgIpc) is 2.76.